The zero-order chi connectivity index (χ0) is 20.9. The monoisotopic (exact) mass is 418 g/mol. The second kappa shape index (κ2) is 7.19. The van der Waals surface area contributed by atoms with Gasteiger partial charge < -0.3 is 24.6 Å². The van der Waals surface area contributed by atoms with E-state index in [1.807, 2.05) is 19.1 Å². The maximum Gasteiger partial charge on any atom is 0.175 e. The fourth-order valence-corrected chi connectivity index (χ4v) is 4.37. The fraction of sp³-hybridized carbons (Fsp3) is 0.350. The number of aromatic nitrogens is 2. The fourth-order valence-electron chi connectivity index (χ4n) is 3.69. The molecule has 3 aromatic rings. The van der Waals surface area contributed by atoms with Gasteiger partial charge in [-0.3, -0.25) is 0 Å². The van der Waals surface area contributed by atoms with Crippen molar-refractivity contribution >= 4 is 20.9 Å². The number of nitrogens with zero attached hydrogens (tertiary/aromatic N) is 2. The van der Waals surface area contributed by atoms with Gasteiger partial charge in [0.15, 0.2) is 16.1 Å². The summed E-state index contributed by atoms with van der Waals surface area (Å²) in [5.74, 6) is 0. The molecule has 5 unspecified atom stereocenters. The molecule has 3 heterocycles. The van der Waals surface area contributed by atoms with Crippen LogP contribution >= 0.6 is 0 Å². The van der Waals surface area contributed by atoms with Crippen molar-refractivity contribution in [2.75, 3.05) is 6.26 Å². The maximum absolute atomic E-state index is 11.8. The zero-order valence-corrected chi connectivity index (χ0v) is 16.7. The minimum Gasteiger partial charge on any atom is -0.387 e. The molecule has 29 heavy (non-hydrogen) atoms. The van der Waals surface area contributed by atoms with E-state index in [1.165, 1.54) is 18.2 Å². The predicted octanol–water partition coefficient (Wildman–Crippen LogP) is 1.10. The summed E-state index contributed by atoms with van der Waals surface area (Å²) in [6, 6.07) is 9.54. The molecular formula is C20H22N2O6S. The summed E-state index contributed by atoms with van der Waals surface area (Å²) in [6.45, 7) is 1.94. The minimum atomic E-state index is -3.46. The van der Waals surface area contributed by atoms with Crippen LogP contribution in [0.15, 0.2) is 53.7 Å². The minimum absolute atomic E-state index is 0.0507. The summed E-state index contributed by atoms with van der Waals surface area (Å²) in [5.41, 5.74) is 1.88. The van der Waals surface area contributed by atoms with Gasteiger partial charge >= 0.3 is 0 Å². The average molecular weight is 418 g/mol. The molecule has 0 bridgehead atoms. The van der Waals surface area contributed by atoms with Crippen molar-refractivity contribution in [2.24, 2.45) is 0 Å². The van der Waals surface area contributed by atoms with Crippen molar-refractivity contribution in [3.8, 4) is 0 Å². The van der Waals surface area contributed by atoms with E-state index in [2.05, 4.69) is 4.98 Å². The molecule has 1 aliphatic heterocycles. The van der Waals surface area contributed by atoms with Crippen LogP contribution < -0.4 is 0 Å². The van der Waals surface area contributed by atoms with Crippen molar-refractivity contribution < 1.29 is 28.5 Å². The summed E-state index contributed by atoms with van der Waals surface area (Å²) in [5, 5.41) is 32.8. The van der Waals surface area contributed by atoms with Crippen LogP contribution in [-0.2, 0) is 14.6 Å². The summed E-state index contributed by atoms with van der Waals surface area (Å²) < 4.78 is 31.0. The Morgan fingerprint density at radius 3 is 2.66 bits per heavy atom. The number of aliphatic hydroxyl groups excluding tert-OH is 3. The molecule has 5 atom stereocenters. The third kappa shape index (κ3) is 3.45. The third-order valence-corrected chi connectivity index (χ3v) is 6.43. The number of benzene rings is 1. The van der Waals surface area contributed by atoms with Gasteiger partial charge in [0.05, 0.1) is 4.90 Å². The number of rotatable bonds is 4. The molecular weight excluding hydrogens is 396 g/mol. The van der Waals surface area contributed by atoms with E-state index in [1.54, 1.807) is 23.0 Å². The number of pyridine rings is 1. The normalized spacial score (nSPS) is 26.1. The van der Waals surface area contributed by atoms with Crippen molar-refractivity contribution in [2.45, 2.75) is 42.5 Å². The first-order valence-electron chi connectivity index (χ1n) is 9.10. The number of hydrogen-bond acceptors (Lipinski definition) is 7. The van der Waals surface area contributed by atoms with Gasteiger partial charge in [-0.1, -0.05) is 12.1 Å². The Balaban J connectivity index is 1.66. The zero-order valence-electron chi connectivity index (χ0n) is 15.9. The lowest BCUT2D eigenvalue weighted by molar-refractivity contribution is -0.0848. The van der Waals surface area contributed by atoms with E-state index in [0.29, 0.717) is 5.65 Å². The van der Waals surface area contributed by atoms with Crippen LogP contribution in [0.1, 0.15) is 23.5 Å². The van der Waals surface area contributed by atoms with Crippen LogP contribution in [0.5, 0.6) is 0 Å². The molecule has 3 N–H and O–H groups in total. The molecule has 0 amide bonds. The summed E-state index contributed by atoms with van der Waals surface area (Å²) in [7, 11) is -3.46. The smallest absolute Gasteiger partial charge is 0.175 e. The molecule has 1 aliphatic rings. The molecule has 0 aliphatic carbocycles. The Morgan fingerprint density at radius 2 is 1.93 bits per heavy atom. The van der Waals surface area contributed by atoms with Crippen LogP contribution in [0.2, 0.25) is 0 Å². The number of sulfone groups is 1. The van der Waals surface area contributed by atoms with Crippen molar-refractivity contribution in [3.63, 3.8) is 0 Å². The highest BCUT2D eigenvalue weighted by Crippen LogP contribution is 2.38. The van der Waals surface area contributed by atoms with Crippen LogP contribution in [0.25, 0.3) is 11.0 Å². The molecule has 0 radical (unpaired) electrons. The summed E-state index contributed by atoms with van der Waals surface area (Å²) >= 11 is 0. The van der Waals surface area contributed by atoms with E-state index in [9.17, 15) is 23.7 Å². The van der Waals surface area contributed by atoms with E-state index in [0.717, 1.165) is 17.2 Å². The Kier molecular flexibility index (Phi) is 4.96. The molecule has 9 heteroatoms. The topological polar surface area (TPSA) is 122 Å². The molecule has 1 aromatic carbocycles. The number of aliphatic hydroxyl groups is 3. The van der Waals surface area contributed by atoms with Gasteiger partial charge in [-0.25, -0.2) is 13.4 Å². The number of ether oxygens (including phenoxy) is 1. The van der Waals surface area contributed by atoms with Crippen LogP contribution in [-0.4, -0.2) is 57.9 Å². The average Bonchev–Trinajstić information content (AvgIpc) is 3.23. The standard InChI is InChI=1S/C20H22N2O6S/c1-11-6-8-21-19-14(11)7-9-22(19)20-17(25)16(24)18(28-20)15(23)12-4-3-5-13(10-12)29(2,26)27/h3-10,15-18,20,23-25H,1-2H3. The summed E-state index contributed by atoms with van der Waals surface area (Å²) in [6.07, 6.45) is -1.67. The lowest BCUT2D eigenvalue weighted by Gasteiger charge is -2.22. The Morgan fingerprint density at radius 1 is 1.17 bits per heavy atom. The van der Waals surface area contributed by atoms with Gasteiger partial charge in [0, 0.05) is 24.0 Å². The molecule has 154 valence electrons. The Labute approximate surface area is 167 Å². The molecule has 0 saturated carbocycles. The quantitative estimate of drug-likeness (QED) is 0.580. The van der Waals surface area contributed by atoms with Gasteiger partial charge in [0.1, 0.15) is 30.1 Å². The number of aryl methyl sites for hydroxylation is 1. The molecule has 2 aromatic heterocycles. The number of fused-ring (bicyclic) bond motifs is 1. The Bertz CT molecular complexity index is 1160. The third-order valence-electron chi connectivity index (χ3n) is 5.32. The first-order chi connectivity index (χ1) is 13.7. The van der Waals surface area contributed by atoms with Crippen molar-refractivity contribution in [3.05, 3.63) is 59.9 Å². The molecule has 1 fully saturated rings. The van der Waals surface area contributed by atoms with Crippen LogP contribution in [0.3, 0.4) is 0 Å². The maximum atomic E-state index is 11.8. The van der Waals surface area contributed by atoms with Gasteiger partial charge in [0.25, 0.3) is 0 Å². The SMILES string of the molecule is Cc1ccnc2c1ccn2C1OC(C(O)c2cccc(S(C)(=O)=O)c2)C(O)C1O. The van der Waals surface area contributed by atoms with Crippen molar-refractivity contribution in [1.82, 2.24) is 9.55 Å². The molecule has 0 spiro atoms. The highest BCUT2D eigenvalue weighted by atomic mass is 32.2. The predicted molar refractivity (Wildman–Crippen MR) is 105 cm³/mol. The number of hydrogen-bond donors (Lipinski definition) is 3. The Hall–Kier alpha value is -2.30. The largest absolute Gasteiger partial charge is 0.387 e. The second-order valence-corrected chi connectivity index (χ2v) is 9.37. The van der Waals surface area contributed by atoms with Crippen LogP contribution in [0.4, 0.5) is 0 Å². The molecule has 8 nitrogen and oxygen atoms in total. The molecule has 4 rings (SSSR count). The van der Waals surface area contributed by atoms with E-state index in [4.69, 9.17) is 4.74 Å². The summed E-state index contributed by atoms with van der Waals surface area (Å²) in [4.78, 5) is 4.38. The molecule has 1 saturated heterocycles. The van der Waals surface area contributed by atoms with Gasteiger partial charge in [0.2, 0.25) is 0 Å². The van der Waals surface area contributed by atoms with Crippen LogP contribution in [0, 0.1) is 6.92 Å². The van der Waals surface area contributed by atoms with Crippen molar-refractivity contribution in [1.29, 1.82) is 0 Å². The van der Waals surface area contributed by atoms with Gasteiger partial charge in [-0.2, -0.15) is 0 Å². The lowest BCUT2D eigenvalue weighted by Crippen LogP contribution is -2.34. The first-order valence-corrected chi connectivity index (χ1v) is 11.0. The van der Waals surface area contributed by atoms with Gasteiger partial charge in [-0.15, -0.1) is 0 Å². The van der Waals surface area contributed by atoms with E-state index < -0.39 is 40.5 Å². The second-order valence-electron chi connectivity index (χ2n) is 7.35. The van der Waals surface area contributed by atoms with E-state index in [-0.39, 0.29) is 10.5 Å². The first kappa shape index (κ1) is 20.0. The highest BCUT2D eigenvalue weighted by molar-refractivity contribution is 7.90. The highest BCUT2D eigenvalue weighted by Gasteiger charge is 2.47. The lowest BCUT2D eigenvalue weighted by atomic mass is 9.99. The van der Waals surface area contributed by atoms with E-state index >= 15 is 0 Å². The van der Waals surface area contributed by atoms with Gasteiger partial charge in [-0.05, 0) is 42.3 Å².